The molecule has 0 spiro atoms. The number of rotatable bonds is 7. The van der Waals surface area contributed by atoms with Crippen LogP contribution in [0.3, 0.4) is 0 Å². The Balaban J connectivity index is 1.50. The molecule has 1 amide bonds. The fourth-order valence-electron chi connectivity index (χ4n) is 4.08. The summed E-state index contributed by atoms with van der Waals surface area (Å²) in [5.41, 5.74) is 1.36. The number of nitrogens with zero attached hydrogens (tertiary/aromatic N) is 3. The molecule has 1 fully saturated rings. The number of carbonyl (C=O) groups is 1. The Labute approximate surface area is 174 Å². The minimum atomic E-state index is -3.01. The van der Waals surface area contributed by atoms with Crippen LogP contribution in [-0.4, -0.2) is 59.0 Å². The summed E-state index contributed by atoms with van der Waals surface area (Å²) in [6, 6.07) is -0.180. The molecule has 4 rings (SSSR count). The molecule has 1 aliphatic heterocycles. The maximum Gasteiger partial charge on any atom is 0.233 e. The number of amides is 1. The van der Waals surface area contributed by atoms with Crippen LogP contribution in [0.4, 0.5) is 0 Å². The van der Waals surface area contributed by atoms with Crippen molar-refractivity contribution < 1.29 is 13.2 Å². The second kappa shape index (κ2) is 8.28. The molecule has 1 aliphatic carbocycles. The number of aromatic nitrogens is 2. The van der Waals surface area contributed by atoms with Crippen LogP contribution in [0.5, 0.6) is 0 Å². The molecule has 6 nitrogen and oxygen atoms in total. The SMILES string of the molecule is CCCCN(C(=O)CSc1ncnc2sc3c(c12)CCC3)C1CCS(=O)(=O)C1. The average Bonchev–Trinajstić information content (AvgIpc) is 3.34. The summed E-state index contributed by atoms with van der Waals surface area (Å²) in [4.78, 5) is 26.1. The van der Waals surface area contributed by atoms with Gasteiger partial charge in [-0.2, -0.15) is 0 Å². The van der Waals surface area contributed by atoms with Gasteiger partial charge in [0, 0.05) is 22.8 Å². The zero-order valence-electron chi connectivity index (χ0n) is 16.0. The third-order valence-corrected chi connectivity index (χ3v) is 9.45. The Kier molecular flexibility index (Phi) is 5.94. The molecule has 2 aliphatic rings. The number of thioether (sulfide) groups is 1. The summed E-state index contributed by atoms with van der Waals surface area (Å²) in [5.74, 6) is 0.591. The molecule has 0 saturated carbocycles. The number of hydrogen-bond donors (Lipinski definition) is 0. The van der Waals surface area contributed by atoms with E-state index in [2.05, 4.69) is 16.9 Å². The molecule has 2 aromatic rings. The molecule has 1 atom stereocenters. The number of sulfone groups is 1. The van der Waals surface area contributed by atoms with Crippen LogP contribution in [0.15, 0.2) is 11.4 Å². The highest BCUT2D eigenvalue weighted by molar-refractivity contribution is 8.00. The van der Waals surface area contributed by atoms with Crippen LogP contribution in [-0.2, 0) is 27.5 Å². The molecule has 0 aromatic carbocycles. The lowest BCUT2D eigenvalue weighted by Crippen LogP contribution is -2.42. The minimum Gasteiger partial charge on any atom is -0.338 e. The van der Waals surface area contributed by atoms with Crippen molar-refractivity contribution in [3.63, 3.8) is 0 Å². The third kappa shape index (κ3) is 4.07. The summed E-state index contributed by atoms with van der Waals surface area (Å²) >= 11 is 3.21. The lowest BCUT2D eigenvalue weighted by Gasteiger charge is -2.28. The normalized spacial score (nSPS) is 20.5. The zero-order valence-corrected chi connectivity index (χ0v) is 18.5. The van der Waals surface area contributed by atoms with Crippen molar-refractivity contribution in [1.82, 2.24) is 14.9 Å². The average molecular weight is 440 g/mol. The smallest absolute Gasteiger partial charge is 0.233 e. The van der Waals surface area contributed by atoms with E-state index in [0.717, 1.165) is 40.9 Å². The monoisotopic (exact) mass is 439 g/mol. The molecule has 9 heteroatoms. The lowest BCUT2D eigenvalue weighted by molar-refractivity contribution is -0.130. The van der Waals surface area contributed by atoms with E-state index < -0.39 is 9.84 Å². The zero-order chi connectivity index (χ0) is 19.7. The fourth-order valence-corrected chi connectivity index (χ4v) is 8.02. The fraction of sp³-hybridized carbons (Fsp3) is 0.632. The second-order valence-electron chi connectivity index (χ2n) is 7.50. The second-order valence-corrected chi connectivity index (χ2v) is 11.8. The highest BCUT2D eigenvalue weighted by Gasteiger charge is 2.34. The predicted molar refractivity (Wildman–Crippen MR) is 114 cm³/mol. The minimum absolute atomic E-state index is 0.0131. The molecule has 28 heavy (non-hydrogen) atoms. The topological polar surface area (TPSA) is 80.2 Å². The van der Waals surface area contributed by atoms with Gasteiger partial charge in [-0.1, -0.05) is 25.1 Å². The van der Waals surface area contributed by atoms with E-state index in [1.165, 1.54) is 28.6 Å². The number of fused-ring (bicyclic) bond motifs is 3. The van der Waals surface area contributed by atoms with Crippen molar-refractivity contribution in [3.8, 4) is 0 Å². The summed E-state index contributed by atoms with van der Waals surface area (Å²) in [6.07, 6.45) is 7.35. The summed E-state index contributed by atoms with van der Waals surface area (Å²) in [6.45, 7) is 2.71. The van der Waals surface area contributed by atoms with Gasteiger partial charge in [-0.3, -0.25) is 4.79 Å². The Morgan fingerprint density at radius 2 is 2.21 bits per heavy atom. The number of unbranched alkanes of at least 4 members (excludes halogenated alkanes) is 1. The standard InChI is InChI=1S/C19H25N3O3S3/c1-2-3-8-22(13-7-9-28(24,25)11-13)16(23)10-26-18-17-14-5-4-6-15(14)27-19(17)21-12-20-18/h12-13H,2-11H2,1H3. The highest BCUT2D eigenvalue weighted by Crippen LogP contribution is 2.40. The molecule has 0 radical (unpaired) electrons. The molecule has 3 heterocycles. The van der Waals surface area contributed by atoms with Gasteiger partial charge in [0.1, 0.15) is 16.2 Å². The summed E-state index contributed by atoms with van der Waals surface area (Å²) < 4.78 is 23.8. The molecule has 2 aromatic heterocycles. The maximum atomic E-state index is 13.0. The third-order valence-electron chi connectivity index (χ3n) is 5.52. The van der Waals surface area contributed by atoms with Crippen molar-refractivity contribution in [3.05, 3.63) is 16.8 Å². The van der Waals surface area contributed by atoms with Crippen molar-refractivity contribution in [2.45, 2.75) is 56.5 Å². The van der Waals surface area contributed by atoms with E-state index in [0.29, 0.717) is 13.0 Å². The van der Waals surface area contributed by atoms with Crippen LogP contribution >= 0.6 is 23.1 Å². The van der Waals surface area contributed by atoms with E-state index in [1.807, 2.05) is 0 Å². The largest absolute Gasteiger partial charge is 0.338 e. The van der Waals surface area contributed by atoms with Crippen LogP contribution in [0, 0.1) is 0 Å². The highest BCUT2D eigenvalue weighted by atomic mass is 32.2. The number of carbonyl (C=O) groups excluding carboxylic acids is 1. The molecule has 1 unspecified atom stereocenters. The summed E-state index contributed by atoms with van der Waals surface area (Å²) in [7, 11) is -3.01. The van der Waals surface area contributed by atoms with E-state index in [1.54, 1.807) is 22.6 Å². The lowest BCUT2D eigenvalue weighted by atomic mass is 10.2. The van der Waals surface area contributed by atoms with Crippen LogP contribution in [0.25, 0.3) is 10.2 Å². The first-order valence-corrected chi connectivity index (χ1v) is 13.5. The van der Waals surface area contributed by atoms with E-state index in [-0.39, 0.29) is 29.2 Å². The van der Waals surface area contributed by atoms with Gasteiger partial charge in [0.25, 0.3) is 0 Å². The van der Waals surface area contributed by atoms with Gasteiger partial charge < -0.3 is 4.90 Å². The molecular weight excluding hydrogens is 414 g/mol. The van der Waals surface area contributed by atoms with Crippen molar-refractivity contribution in [1.29, 1.82) is 0 Å². The van der Waals surface area contributed by atoms with E-state index in [4.69, 9.17) is 0 Å². The van der Waals surface area contributed by atoms with Gasteiger partial charge in [0.2, 0.25) is 5.91 Å². The Bertz CT molecular complexity index is 987. The Morgan fingerprint density at radius 1 is 1.36 bits per heavy atom. The van der Waals surface area contributed by atoms with Gasteiger partial charge >= 0.3 is 0 Å². The van der Waals surface area contributed by atoms with E-state index in [9.17, 15) is 13.2 Å². The molecule has 152 valence electrons. The molecule has 0 N–H and O–H groups in total. The predicted octanol–water partition coefficient (Wildman–Crippen LogP) is 3.09. The van der Waals surface area contributed by atoms with Crippen LogP contribution < -0.4 is 0 Å². The van der Waals surface area contributed by atoms with Gasteiger partial charge in [0.05, 0.1) is 17.3 Å². The van der Waals surface area contributed by atoms with E-state index >= 15 is 0 Å². The first-order valence-electron chi connectivity index (χ1n) is 9.86. The first-order chi connectivity index (χ1) is 13.5. The Morgan fingerprint density at radius 3 is 2.96 bits per heavy atom. The molecular formula is C19H25N3O3S3. The van der Waals surface area contributed by atoms with Crippen LogP contribution in [0.1, 0.15) is 43.0 Å². The van der Waals surface area contributed by atoms with Crippen molar-refractivity contribution in [2.75, 3.05) is 23.8 Å². The van der Waals surface area contributed by atoms with Crippen molar-refractivity contribution in [2.24, 2.45) is 0 Å². The maximum absolute atomic E-state index is 13.0. The molecule has 0 bridgehead atoms. The van der Waals surface area contributed by atoms with Crippen LogP contribution in [0.2, 0.25) is 0 Å². The summed E-state index contributed by atoms with van der Waals surface area (Å²) in [5, 5.41) is 2.01. The quantitative estimate of drug-likeness (QED) is 0.487. The van der Waals surface area contributed by atoms with Crippen molar-refractivity contribution >= 4 is 49.1 Å². The number of hydrogen-bond acceptors (Lipinski definition) is 7. The molecule has 1 saturated heterocycles. The first kappa shape index (κ1) is 20.1. The number of aryl methyl sites for hydroxylation is 2. The van der Waals surface area contributed by atoms with Gasteiger partial charge in [0.15, 0.2) is 9.84 Å². The van der Waals surface area contributed by atoms with Gasteiger partial charge in [-0.25, -0.2) is 18.4 Å². The van der Waals surface area contributed by atoms with Gasteiger partial charge in [-0.05, 0) is 37.7 Å². The van der Waals surface area contributed by atoms with Gasteiger partial charge in [-0.15, -0.1) is 11.3 Å². The Hall–Kier alpha value is -1.19. The number of thiophene rings is 1.